The van der Waals surface area contributed by atoms with E-state index in [1.54, 1.807) is 13.0 Å². The lowest BCUT2D eigenvalue weighted by atomic mass is 10.0. The number of carbonyl (C=O) groups is 1. The first-order valence-electron chi connectivity index (χ1n) is 7.95. The molecular formula is C18H23FO4. The zero-order chi connectivity index (χ0) is 16.7. The Morgan fingerprint density at radius 1 is 1.52 bits per heavy atom. The minimum atomic E-state index is -0.290. The lowest BCUT2D eigenvalue weighted by molar-refractivity contribution is -0.142. The molecule has 5 heteroatoms. The molecule has 23 heavy (non-hydrogen) atoms. The Labute approximate surface area is 136 Å². The molecule has 2 atom stereocenters. The Bertz CT molecular complexity index is 552. The van der Waals surface area contributed by atoms with Gasteiger partial charge in [0.05, 0.1) is 25.9 Å². The lowest BCUT2D eigenvalue weighted by Gasteiger charge is -2.15. The third kappa shape index (κ3) is 6.12. The molecule has 4 nitrogen and oxygen atoms in total. The maximum Gasteiger partial charge on any atom is 0.306 e. The first-order valence-corrected chi connectivity index (χ1v) is 7.95. The highest BCUT2D eigenvalue weighted by Gasteiger charge is 2.24. The predicted octanol–water partition coefficient (Wildman–Crippen LogP) is 3.66. The SMILES string of the molecule is CCOC(=O)CC/C=C/c1ccc(F)cc1[C@@H](C)OCC1CO1. The summed E-state index contributed by atoms with van der Waals surface area (Å²) < 4.78 is 29.2. The second-order valence-corrected chi connectivity index (χ2v) is 5.45. The van der Waals surface area contributed by atoms with Crippen LogP contribution >= 0.6 is 0 Å². The average molecular weight is 322 g/mol. The molecule has 126 valence electrons. The minimum absolute atomic E-state index is 0.176. The highest BCUT2D eigenvalue weighted by atomic mass is 19.1. The summed E-state index contributed by atoms with van der Waals surface area (Å²) in [6.07, 6.45) is 4.66. The van der Waals surface area contributed by atoms with Crippen LogP contribution < -0.4 is 0 Å². The molecule has 1 aliphatic heterocycles. The largest absolute Gasteiger partial charge is 0.466 e. The zero-order valence-corrected chi connectivity index (χ0v) is 13.6. The third-order valence-corrected chi connectivity index (χ3v) is 3.54. The average Bonchev–Trinajstić information content (AvgIpc) is 3.35. The monoisotopic (exact) mass is 322 g/mol. The number of esters is 1. The van der Waals surface area contributed by atoms with E-state index >= 15 is 0 Å². The van der Waals surface area contributed by atoms with E-state index in [2.05, 4.69) is 0 Å². The van der Waals surface area contributed by atoms with E-state index in [1.807, 2.05) is 19.1 Å². The number of hydrogen-bond acceptors (Lipinski definition) is 4. The van der Waals surface area contributed by atoms with Crippen LogP contribution in [0, 0.1) is 5.82 Å². The summed E-state index contributed by atoms with van der Waals surface area (Å²) in [6, 6.07) is 4.63. The molecule has 0 spiro atoms. The van der Waals surface area contributed by atoms with Crippen LogP contribution in [0.15, 0.2) is 24.3 Å². The van der Waals surface area contributed by atoms with Gasteiger partial charge < -0.3 is 14.2 Å². The number of benzene rings is 1. The van der Waals surface area contributed by atoms with Gasteiger partial charge in [0.2, 0.25) is 0 Å². The van der Waals surface area contributed by atoms with Crippen LogP contribution in [0.5, 0.6) is 0 Å². The first kappa shape index (κ1) is 17.6. The summed E-state index contributed by atoms with van der Waals surface area (Å²) in [5, 5.41) is 0. The summed E-state index contributed by atoms with van der Waals surface area (Å²) in [5.74, 6) is -0.501. The molecule has 0 aliphatic carbocycles. The van der Waals surface area contributed by atoms with E-state index in [9.17, 15) is 9.18 Å². The molecule has 0 aromatic heterocycles. The van der Waals surface area contributed by atoms with Gasteiger partial charge in [-0.15, -0.1) is 0 Å². The Morgan fingerprint density at radius 3 is 3.00 bits per heavy atom. The number of carbonyl (C=O) groups excluding carboxylic acids is 1. The van der Waals surface area contributed by atoms with Gasteiger partial charge in [-0.05, 0) is 43.5 Å². The van der Waals surface area contributed by atoms with Crippen molar-refractivity contribution >= 4 is 12.0 Å². The van der Waals surface area contributed by atoms with Gasteiger partial charge in [-0.2, -0.15) is 0 Å². The fraction of sp³-hybridized carbons (Fsp3) is 0.500. The number of halogens is 1. The second-order valence-electron chi connectivity index (χ2n) is 5.45. The van der Waals surface area contributed by atoms with E-state index in [4.69, 9.17) is 14.2 Å². The van der Waals surface area contributed by atoms with Crippen LogP contribution in [0.1, 0.15) is 43.9 Å². The van der Waals surface area contributed by atoms with Crippen molar-refractivity contribution in [3.05, 3.63) is 41.2 Å². The maximum atomic E-state index is 13.5. The van der Waals surface area contributed by atoms with Crippen LogP contribution in [0.4, 0.5) is 4.39 Å². The minimum Gasteiger partial charge on any atom is -0.466 e. The number of hydrogen-bond donors (Lipinski definition) is 0. The van der Waals surface area contributed by atoms with Crippen molar-refractivity contribution in [1.29, 1.82) is 0 Å². The van der Waals surface area contributed by atoms with Gasteiger partial charge in [0.1, 0.15) is 11.9 Å². The van der Waals surface area contributed by atoms with E-state index in [-0.39, 0.29) is 24.0 Å². The van der Waals surface area contributed by atoms with Crippen molar-refractivity contribution < 1.29 is 23.4 Å². The van der Waals surface area contributed by atoms with Crippen LogP contribution in [0.2, 0.25) is 0 Å². The number of ether oxygens (including phenoxy) is 3. The Hall–Kier alpha value is -1.72. The summed E-state index contributed by atoms with van der Waals surface area (Å²) >= 11 is 0. The van der Waals surface area contributed by atoms with Crippen molar-refractivity contribution in [1.82, 2.24) is 0 Å². The molecule has 1 aliphatic rings. The fourth-order valence-corrected chi connectivity index (χ4v) is 2.20. The van der Waals surface area contributed by atoms with Gasteiger partial charge in [0.15, 0.2) is 0 Å². The zero-order valence-electron chi connectivity index (χ0n) is 13.6. The molecule has 1 fully saturated rings. The molecule has 0 amide bonds. The van der Waals surface area contributed by atoms with Crippen molar-refractivity contribution in [2.24, 2.45) is 0 Å². The van der Waals surface area contributed by atoms with Crippen LogP contribution in [0.25, 0.3) is 6.08 Å². The summed E-state index contributed by atoms with van der Waals surface area (Å²) in [5.41, 5.74) is 1.68. The van der Waals surface area contributed by atoms with E-state index in [0.717, 1.165) is 17.7 Å². The molecule has 0 N–H and O–H groups in total. The molecule has 0 bridgehead atoms. The Balaban J connectivity index is 1.95. The van der Waals surface area contributed by atoms with Crippen molar-refractivity contribution in [2.75, 3.05) is 19.8 Å². The maximum absolute atomic E-state index is 13.5. The fourth-order valence-electron chi connectivity index (χ4n) is 2.20. The van der Waals surface area contributed by atoms with Crippen LogP contribution in [0.3, 0.4) is 0 Å². The highest BCUT2D eigenvalue weighted by Crippen LogP contribution is 2.25. The summed E-state index contributed by atoms with van der Waals surface area (Å²) in [6.45, 7) is 5.32. The molecule has 1 aromatic rings. The molecule has 1 heterocycles. The van der Waals surface area contributed by atoms with Gasteiger partial charge in [-0.3, -0.25) is 4.79 Å². The molecule has 1 saturated heterocycles. The van der Waals surface area contributed by atoms with E-state index in [0.29, 0.717) is 26.1 Å². The Kier molecular flexibility index (Phi) is 6.74. The second kappa shape index (κ2) is 8.79. The third-order valence-electron chi connectivity index (χ3n) is 3.54. The summed E-state index contributed by atoms with van der Waals surface area (Å²) in [7, 11) is 0. The van der Waals surface area contributed by atoms with E-state index in [1.165, 1.54) is 12.1 Å². The lowest BCUT2D eigenvalue weighted by Crippen LogP contribution is -2.07. The number of allylic oxidation sites excluding steroid dienone is 1. The molecule has 1 aromatic carbocycles. The predicted molar refractivity (Wildman–Crippen MR) is 85.4 cm³/mol. The van der Waals surface area contributed by atoms with Crippen LogP contribution in [-0.4, -0.2) is 31.9 Å². The van der Waals surface area contributed by atoms with Crippen LogP contribution in [-0.2, 0) is 19.0 Å². The summed E-state index contributed by atoms with van der Waals surface area (Å²) in [4.78, 5) is 11.3. The highest BCUT2D eigenvalue weighted by molar-refractivity contribution is 5.69. The molecule has 0 saturated carbocycles. The molecule has 0 radical (unpaired) electrons. The van der Waals surface area contributed by atoms with Gasteiger partial charge in [-0.1, -0.05) is 18.2 Å². The van der Waals surface area contributed by atoms with E-state index < -0.39 is 0 Å². The van der Waals surface area contributed by atoms with Crippen molar-refractivity contribution in [3.8, 4) is 0 Å². The molecule has 1 unspecified atom stereocenters. The first-order chi connectivity index (χ1) is 11.1. The number of epoxide rings is 1. The molecule has 2 rings (SSSR count). The quantitative estimate of drug-likeness (QED) is 0.514. The van der Waals surface area contributed by atoms with Crippen molar-refractivity contribution in [3.63, 3.8) is 0 Å². The van der Waals surface area contributed by atoms with Crippen molar-refractivity contribution in [2.45, 2.75) is 38.9 Å². The topological polar surface area (TPSA) is 48.1 Å². The Morgan fingerprint density at radius 2 is 2.30 bits per heavy atom. The normalized spacial score (nSPS) is 18.1. The van der Waals surface area contributed by atoms with Gasteiger partial charge in [0, 0.05) is 6.42 Å². The van der Waals surface area contributed by atoms with Gasteiger partial charge in [0.25, 0.3) is 0 Å². The van der Waals surface area contributed by atoms with Gasteiger partial charge in [-0.25, -0.2) is 4.39 Å². The smallest absolute Gasteiger partial charge is 0.306 e. The van der Waals surface area contributed by atoms with Gasteiger partial charge >= 0.3 is 5.97 Å². The standard InChI is InChI=1S/C18H23FO4/c1-3-21-18(20)7-5-4-6-14-8-9-15(19)10-17(14)13(2)22-11-16-12-23-16/h4,6,8-10,13,16H,3,5,7,11-12H2,1-2H3/b6-4+/t13-,16?/m1/s1. The molecular weight excluding hydrogens is 299 g/mol. The number of rotatable bonds is 9.